The fraction of sp³-hybridized carbons (Fsp3) is 0.562. The number of halogens is 1. The van der Waals surface area contributed by atoms with E-state index in [0.717, 1.165) is 13.1 Å². The van der Waals surface area contributed by atoms with E-state index in [1.165, 1.54) is 25.5 Å². The molecule has 3 nitrogen and oxygen atoms in total. The molecular weight excluding hydrogens is 253 g/mol. The molecule has 1 aromatic carbocycles. The van der Waals surface area contributed by atoms with Gasteiger partial charge in [0.1, 0.15) is 11.9 Å². The molecular formula is C16H20FN3. The van der Waals surface area contributed by atoms with Gasteiger partial charge in [0.2, 0.25) is 0 Å². The smallest absolute Gasteiger partial charge is 0.145 e. The standard InChI is InChI=1S/C16H20FN3/c1-12-9-19-7-3-6-15(19)11-20(12)10-14-5-2-4-13(8-18)16(14)17/h2,4-5,12,15H,3,6-7,9-11H2,1H3. The zero-order valence-electron chi connectivity index (χ0n) is 11.8. The van der Waals surface area contributed by atoms with Crippen molar-refractivity contribution in [1.29, 1.82) is 5.26 Å². The Labute approximate surface area is 119 Å². The Morgan fingerprint density at radius 1 is 1.40 bits per heavy atom. The predicted octanol–water partition coefficient (Wildman–Crippen LogP) is 2.37. The first kappa shape index (κ1) is 13.5. The zero-order valence-corrected chi connectivity index (χ0v) is 11.8. The van der Waals surface area contributed by atoms with Crippen molar-refractivity contribution >= 4 is 0 Å². The number of nitriles is 1. The molecule has 0 bridgehead atoms. The van der Waals surface area contributed by atoms with Crippen LogP contribution in [0.15, 0.2) is 18.2 Å². The van der Waals surface area contributed by atoms with Crippen LogP contribution in [0.2, 0.25) is 0 Å². The van der Waals surface area contributed by atoms with Crippen molar-refractivity contribution in [3.8, 4) is 6.07 Å². The topological polar surface area (TPSA) is 30.3 Å². The molecule has 2 fully saturated rings. The summed E-state index contributed by atoms with van der Waals surface area (Å²) in [5, 5.41) is 8.91. The fourth-order valence-corrected chi connectivity index (χ4v) is 3.48. The van der Waals surface area contributed by atoms with Gasteiger partial charge >= 0.3 is 0 Å². The van der Waals surface area contributed by atoms with E-state index in [1.54, 1.807) is 12.1 Å². The molecule has 0 spiro atoms. The molecule has 2 unspecified atom stereocenters. The summed E-state index contributed by atoms with van der Waals surface area (Å²) in [6.07, 6.45) is 2.54. The Balaban J connectivity index is 1.76. The summed E-state index contributed by atoms with van der Waals surface area (Å²) in [5.74, 6) is -0.351. The third kappa shape index (κ3) is 2.44. The summed E-state index contributed by atoms with van der Waals surface area (Å²) in [6.45, 7) is 6.11. The first-order valence-electron chi connectivity index (χ1n) is 7.34. The fourth-order valence-electron chi connectivity index (χ4n) is 3.48. The molecule has 0 aliphatic carbocycles. The number of hydrogen-bond donors (Lipinski definition) is 0. The van der Waals surface area contributed by atoms with Gasteiger partial charge in [-0.15, -0.1) is 0 Å². The third-order valence-corrected chi connectivity index (χ3v) is 4.64. The molecule has 0 radical (unpaired) electrons. The third-order valence-electron chi connectivity index (χ3n) is 4.64. The minimum absolute atomic E-state index is 0.148. The number of piperazine rings is 1. The van der Waals surface area contributed by atoms with Gasteiger partial charge in [0.25, 0.3) is 0 Å². The van der Waals surface area contributed by atoms with Crippen molar-refractivity contribution in [3.63, 3.8) is 0 Å². The van der Waals surface area contributed by atoms with E-state index >= 15 is 0 Å². The Kier molecular flexibility index (Phi) is 3.73. The normalized spacial score (nSPS) is 27.2. The summed E-state index contributed by atoms with van der Waals surface area (Å²) in [6, 6.07) is 8.10. The Morgan fingerprint density at radius 3 is 3.05 bits per heavy atom. The van der Waals surface area contributed by atoms with Crippen molar-refractivity contribution in [2.75, 3.05) is 19.6 Å². The van der Waals surface area contributed by atoms with Crippen LogP contribution in [0.3, 0.4) is 0 Å². The van der Waals surface area contributed by atoms with E-state index in [1.807, 2.05) is 6.07 Å². The number of fused-ring (bicyclic) bond motifs is 1. The molecule has 0 N–H and O–H groups in total. The summed E-state index contributed by atoms with van der Waals surface area (Å²) >= 11 is 0. The van der Waals surface area contributed by atoms with Crippen LogP contribution in [0.5, 0.6) is 0 Å². The van der Waals surface area contributed by atoms with E-state index in [-0.39, 0.29) is 11.4 Å². The highest BCUT2D eigenvalue weighted by atomic mass is 19.1. The number of nitrogens with zero attached hydrogens (tertiary/aromatic N) is 3. The molecule has 0 aromatic heterocycles. The predicted molar refractivity (Wildman–Crippen MR) is 75.6 cm³/mol. The number of hydrogen-bond acceptors (Lipinski definition) is 3. The van der Waals surface area contributed by atoms with Gasteiger partial charge in [0, 0.05) is 37.3 Å². The highest BCUT2D eigenvalue weighted by Gasteiger charge is 2.34. The van der Waals surface area contributed by atoms with E-state index in [4.69, 9.17) is 5.26 Å². The summed E-state index contributed by atoms with van der Waals surface area (Å²) in [5.41, 5.74) is 0.789. The largest absolute Gasteiger partial charge is 0.298 e. The summed E-state index contributed by atoms with van der Waals surface area (Å²) < 4.78 is 14.2. The van der Waals surface area contributed by atoms with Crippen LogP contribution < -0.4 is 0 Å². The maximum atomic E-state index is 14.2. The average molecular weight is 273 g/mol. The van der Waals surface area contributed by atoms with Gasteiger partial charge in [0.15, 0.2) is 0 Å². The van der Waals surface area contributed by atoms with E-state index in [0.29, 0.717) is 24.2 Å². The van der Waals surface area contributed by atoms with Crippen molar-refractivity contribution in [2.24, 2.45) is 0 Å². The highest BCUT2D eigenvalue weighted by molar-refractivity contribution is 5.35. The van der Waals surface area contributed by atoms with Crippen molar-refractivity contribution in [2.45, 2.75) is 38.4 Å². The van der Waals surface area contributed by atoms with Crippen LogP contribution in [0, 0.1) is 17.1 Å². The molecule has 4 heteroatoms. The van der Waals surface area contributed by atoms with E-state index in [9.17, 15) is 4.39 Å². The second-order valence-corrected chi connectivity index (χ2v) is 5.96. The lowest BCUT2D eigenvalue weighted by Gasteiger charge is -2.42. The van der Waals surface area contributed by atoms with Gasteiger partial charge in [-0.2, -0.15) is 5.26 Å². The van der Waals surface area contributed by atoms with Crippen LogP contribution in [0.25, 0.3) is 0 Å². The molecule has 3 rings (SSSR count). The summed E-state index contributed by atoms with van der Waals surface area (Å²) in [7, 11) is 0. The summed E-state index contributed by atoms with van der Waals surface area (Å²) in [4.78, 5) is 4.91. The molecule has 0 amide bonds. The molecule has 2 aliphatic heterocycles. The van der Waals surface area contributed by atoms with Crippen LogP contribution in [0.4, 0.5) is 4.39 Å². The van der Waals surface area contributed by atoms with E-state index in [2.05, 4.69) is 16.7 Å². The quantitative estimate of drug-likeness (QED) is 0.828. The highest BCUT2D eigenvalue weighted by Crippen LogP contribution is 2.26. The molecule has 2 saturated heterocycles. The Hall–Kier alpha value is -1.44. The monoisotopic (exact) mass is 273 g/mol. The molecule has 2 atom stereocenters. The molecule has 106 valence electrons. The van der Waals surface area contributed by atoms with Crippen molar-refractivity contribution in [1.82, 2.24) is 9.80 Å². The van der Waals surface area contributed by atoms with Crippen molar-refractivity contribution in [3.05, 3.63) is 35.1 Å². The molecule has 2 heterocycles. The zero-order chi connectivity index (χ0) is 14.1. The minimum Gasteiger partial charge on any atom is -0.298 e. The lowest BCUT2D eigenvalue weighted by atomic mass is 10.0. The molecule has 20 heavy (non-hydrogen) atoms. The van der Waals surface area contributed by atoms with Gasteiger partial charge in [-0.1, -0.05) is 12.1 Å². The van der Waals surface area contributed by atoms with Crippen LogP contribution in [0.1, 0.15) is 30.9 Å². The molecule has 0 saturated carbocycles. The number of rotatable bonds is 2. The first-order chi connectivity index (χ1) is 9.69. The molecule has 1 aromatic rings. The second-order valence-electron chi connectivity index (χ2n) is 5.96. The average Bonchev–Trinajstić information content (AvgIpc) is 2.88. The lowest BCUT2D eigenvalue weighted by molar-refractivity contribution is 0.0533. The van der Waals surface area contributed by atoms with Gasteiger partial charge in [0.05, 0.1) is 5.56 Å². The lowest BCUT2D eigenvalue weighted by Crippen LogP contribution is -2.54. The minimum atomic E-state index is -0.351. The first-order valence-corrected chi connectivity index (χ1v) is 7.34. The van der Waals surface area contributed by atoms with Crippen molar-refractivity contribution < 1.29 is 4.39 Å². The van der Waals surface area contributed by atoms with E-state index < -0.39 is 0 Å². The number of benzene rings is 1. The van der Waals surface area contributed by atoms with Crippen LogP contribution in [-0.2, 0) is 6.54 Å². The van der Waals surface area contributed by atoms with Gasteiger partial charge in [-0.05, 0) is 32.4 Å². The van der Waals surface area contributed by atoms with Crippen LogP contribution >= 0.6 is 0 Å². The molecule has 2 aliphatic rings. The second kappa shape index (κ2) is 5.51. The van der Waals surface area contributed by atoms with Gasteiger partial charge in [-0.25, -0.2) is 4.39 Å². The Morgan fingerprint density at radius 2 is 2.25 bits per heavy atom. The van der Waals surface area contributed by atoms with Crippen LogP contribution in [-0.4, -0.2) is 41.5 Å². The Bertz CT molecular complexity index is 537. The maximum absolute atomic E-state index is 14.2. The SMILES string of the molecule is CC1CN2CCCC2CN1Cc1cccc(C#N)c1F. The van der Waals surface area contributed by atoms with Gasteiger partial charge in [-0.3, -0.25) is 9.80 Å². The van der Waals surface area contributed by atoms with Gasteiger partial charge < -0.3 is 0 Å². The maximum Gasteiger partial charge on any atom is 0.145 e.